The molecule has 50 heavy (non-hydrogen) atoms. The minimum atomic E-state index is 0.0680. The second kappa shape index (κ2) is 21.4. The molecular formula is C42H54N4O2S2. The van der Waals surface area contributed by atoms with E-state index in [1.54, 1.807) is 0 Å². The summed E-state index contributed by atoms with van der Waals surface area (Å²) in [7, 11) is 0. The number of hydrogen-bond acceptors (Lipinski definition) is 6. The fraction of sp³-hybridized carbons (Fsp3) is 0.381. The zero-order valence-electron chi connectivity index (χ0n) is 30.2. The number of hydrogen-bond donors (Lipinski definition) is 4. The zero-order chi connectivity index (χ0) is 35.6. The van der Waals surface area contributed by atoms with Crippen molar-refractivity contribution in [3.8, 4) is 0 Å². The van der Waals surface area contributed by atoms with Gasteiger partial charge in [-0.1, -0.05) is 61.1 Å². The van der Waals surface area contributed by atoms with E-state index >= 15 is 0 Å². The van der Waals surface area contributed by atoms with Gasteiger partial charge in [-0.05, 0) is 124 Å². The summed E-state index contributed by atoms with van der Waals surface area (Å²) >= 11 is 3.74. The van der Waals surface area contributed by atoms with Gasteiger partial charge in [-0.15, -0.1) is 0 Å². The van der Waals surface area contributed by atoms with Gasteiger partial charge >= 0.3 is 0 Å². The van der Waals surface area contributed by atoms with Crippen molar-refractivity contribution in [2.75, 3.05) is 44.3 Å². The first-order chi connectivity index (χ1) is 24.2. The van der Waals surface area contributed by atoms with Crippen LogP contribution in [0.1, 0.15) is 73.6 Å². The number of amides is 2. The Balaban J connectivity index is 0.931. The number of unbranched alkanes of at least 4 members (excludes halogenated alkanes) is 5. The van der Waals surface area contributed by atoms with Crippen LogP contribution in [0.2, 0.25) is 0 Å². The van der Waals surface area contributed by atoms with Crippen LogP contribution in [0.5, 0.6) is 0 Å². The molecule has 2 amide bonds. The first-order valence-electron chi connectivity index (χ1n) is 17.9. The Morgan fingerprint density at radius 3 is 1.20 bits per heavy atom. The largest absolute Gasteiger partial charge is 0.355 e. The summed E-state index contributed by atoms with van der Waals surface area (Å²) in [5, 5.41) is 12.9. The number of carbonyl (C=O) groups excluding carboxylic acids is 2. The van der Waals surface area contributed by atoms with Crippen molar-refractivity contribution in [1.82, 2.24) is 0 Å². The van der Waals surface area contributed by atoms with Gasteiger partial charge in [-0.3, -0.25) is 9.59 Å². The van der Waals surface area contributed by atoms with Crippen LogP contribution in [0.25, 0.3) is 0 Å². The first kappa shape index (κ1) is 38.9. The van der Waals surface area contributed by atoms with Crippen LogP contribution in [0.15, 0.2) is 84.9 Å². The Hall–Kier alpha value is -3.88. The number of carbonyl (C=O) groups is 2. The monoisotopic (exact) mass is 710 g/mol. The van der Waals surface area contributed by atoms with E-state index in [-0.39, 0.29) is 11.8 Å². The fourth-order valence-corrected chi connectivity index (χ4v) is 7.47. The highest BCUT2D eigenvalue weighted by molar-refractivity contribution is 7.99. The minimum Gasteiger partial charge on any atom is -0.355 e. The van der Waals surface area contributed by atoms with E-state index in [4.69, 9.17) is 0 Å². The number of anilines is 6. The normalized spacial score (nSPS) is 10.9. The number of benzene rings is 4. The van der Waals surface area contributed by atoms with Crippen molar-refractivity contribution in [3.63, 3.8) is 0 Å². The van der Waals surface area contributed by atoms with E-state index in [0.717, 1.165) is 57.1 Å². The second-order valence-electron chi connectivity index (χ2n) is 13.0. The van der Waals surface area contributed by atoms with Gasteiger partial charge < -0.3 is 21.3 Å². The van der Waals surface area contributed by atoms with E-state index in [9.17, 15) is 9.59 Å². The predicted octanol–water partition coefficient (Wildman–Crippen LogP) is 11.6. The maximum absolute atomic E-state index is 12.4. The highest BCUT2D eigenvalue weighted by Crippen LogP contribution is 2.24. The quantitative estimate of drug-likeness (QED) is 0.0645. The molecule has 0 heterocycles. The lowest BCUT2D eigenvalue weighted by molar-refractivity contribution is -0.116. The van der Waals surface area contributed by atoms with Crippen molar-refractivity contribution in [2.24, 2.45) is 0 Å². The molecule has 0 atom stereocenters. The smallest absolute Gasteiger partial charge is 0.225 e. The fourth-order valence-electron chi connectivity index (χ4n) is 5.59. The molecule has 0 aromatic heterocycles. The molecule has 0 aliphatic carbocycles. The molecule has 4 aromatic rings. The van der Waals surface area contributed by atoms with Crippen molar-refractivity contribution in [1.29, 1.82) is 0 Å². The average molecular weight is 711 g/mol. The van der Waals surface area contributed by atoms with Crippen LogP contribution < -0.4 is 21.3 Å². The van der Waals surface area contributed by atoms with E-state index in [1.807, 2.05) is 72.1 Å². The summed E-state index contributed by atoms with van der Waals surface area (Å²) in [5.74, 6) is 4.06. The highest BCUT2D eigenvalue weighted by atomic mass is 32.2. The van der Waals surface area contributed by atoms with Crippen LogP contribution in [0.3, 0.4) is 0 Å². The van der Waals surface area contributed by atoms with Gasteiger partial charge in [-0.2, -0.15) is 23.5 Å². The summed E-state index contributed by atoms with van der Waals surface area (Å²) < 4.78 is 0. The molecule has 4 aromatic carbocycles. The van der Waals surface area contributed by atoms with Gasteiger partial charge in [0.15, 0.2) is 0 Å². The lowest BCUT2D eigenvalue weighted by Gasteiger charge is -2.11. The molecule has 0 fully saturated rings. The van der Waals surface area contributed by atoms with Gasteiger partial charge in [0.25, 0.3) is 0 Å². The van der Waals surface area contributed by atoms with Gasteiger partial charge in [0, 0.05) is 58.5 Å². The van der Waals surface area contributed by atoms with Crippen molar-refractivity contribution in [2.45, 2.75) is 79.1 Å². The molecule has 8 heteroatoms. The lowest BCUT2D eigenvalue weighted by atomic mass is 10.1. The van der Waals surface area contributed by atoms with E-state index in [0.29, 0.717) is 12.8 Å². The van der Waals surface area contributed by atoms with E-state index in [2.05, 4.69) is 85.4 Å². The third-order valence-corrected chi connectivity index (χ3v) is 10.6. The molecule has 4 N–H and O–H groups in total. The molecular weight excluding hydrogens is 657 g/mol. The molecule has 0 bridgehead atoms. The Kier molecular flexibility index (Phi) is 16.6. The molecule has 0 saturated carbocycles. The summed E-state index contributed by atoms with van der Waals surface area (Å²) in [6.45, 7) is 8.40. The number of rotatable bonds is 21. The second-order valence-corrected chi connectivity index (χ2v) is 15.4. The third kappa shape index (κ3) is 14.5. The van der Waals surface area contributed by atoms with Gasteiger partial charge in [0.05, 0.1) is 0 Å². The van der Waals surface area contributed by atoms with Crippen LogP contribution in [-0.2, 0) is 9.59 Å². The number of nitrogens with one attached hydrogen (secondary N) is 4. The van der Waals surface area contributed by atoms with Crippen LogP contribution in [0, 0.1) is 27.7 Å². The molecule has 0 aliphatic rings. The van der Waals surface area contributed by atoms with Gasteiger partial charge in [0.2, 0.25) is 11.8 Å². The molecule has 0 unspecified atom stereocenters. The predicted molar refractivity (Wildman–Crippen MR) is 220 cm³/mol. The molecule has 0 radical (unpaired) electrons. The van der Waals surface area contributed by atoms with Gasteiger partial charge in [-0.25, -0.2) is 0 Å². The van der Waals surface area contributed by atoms with Crippen LogP contribution in [-0.4, -0.2) is 34.8 Å². The Morgan fingerprint density at radius 2 is 0.820 bits per heavy atom. The maximum Gasteiger partial charge on any atom is 0.225 e. The number of aryl methyl sites for hydroxylation is 4. The lowest BCUT2D eigenvalue weighted by Crippen LogP contribution is -2.12. The van der Waals surface area contributed by atoms with Crippen LogP contribution >= 0.6 is 23.5 Å². The van der Waals surface area contributed by atoms with Crippen molar-refractivity contribution in [3.05, 3.63) is 107 Å². The first-order valence-corrected chi connectivity index (χ1v) is 20.2. The van der Waals surface area contributed by atoms with E-state index < -0.39 is 0 Å². The van der Waals surface area contributed by atoms with E-state index in [1.165, 1.54) is 60.8 Å². The Labute approximate surface area is 308 Å². The summed E-state index contributed by atoms with van der Waals surface area (Å²) in [6, 6.07) is 28.5. The summed E-state index contributed by atoms with van der Waals surface area (Å²) in [4.78, 5) is 24.8. The topological polar surface area (TPSA) is 82.3 Å². The maximum atomic E-state index is 12.4. The molecule has 4 rings (SSSR count). The molecule has 0 aliphatic heterocycles. The third-order valence-electron chi connectivity index (χ3n) is 8.43. The SMILES string of the molecule is Cc1ccc(Nc2ccc(NC(=O)CCSCCCCCCCCSCCC(=O)Nc3ccc(Nc4ccc(C)cc4C)cc3)cc2)c(C)c1. The van der Waals surface area contributed by atoms with Crippen molar-refractivity contribution < 1.29 is 9.59 Å². The highest BCUT2D eigenvalue weighted by Gasteiger charge is 2.06. The zero-order valence-corrected chi connectivity index (χ0v) is 31.8. The molecule has 6 nitrogen and oxygen atoms in total. The number of thioether (sulfide) groups is 2. The average Bonchev–Trinajstić information content (AvgIpc) is 3.09. The minimum absolute atomic E-state index is 0.0680. The summed E-state index contributed by atoms with van der Waals surface area (Å²) in [5.41, 5.74) is 10.8. The Morgan fingerprint density at radius 1 is 0.460 bits per heavy atom. The molecule has 0 spiro atoms. The van der Waals surface area contributed by atoms with Crippen molar-refractivity contribution >= 4 is 69.5 Å². The van der Waals surface area contributed by atoms with Gasteiger partial charge in [0.1, 0.15) is 0 Å². The molecule has 266 valence electrons. The standard InChI is InChI=1S/C42H54N4O2S2/c1-31-11-21-39(33(3)29-31)43-35-13-17-37(18-14-35)45-41(47)23-27-49-25-9-7-5-6-8-10-26-50-28-24-42(48)46-38-19-15-36(16-20-38)44-40-22-12-32(2)30-34(40)4/h11-22,29-30,43-44H,5-10,23-28H2,1-4H3,(H,45,47)(H,46,48). The van der Waals surface area contributed by atoms with Crippen LogP contribution in [0.4, 0.5) is 34.1 Å². The molecule has 0 saturated heterocycles. The summed E-state index contributed by atoms with van der Waals surface area (Å²) in [6.07, 6.45) is 8.50. The Bertz CT molecular complexity index is 1520.